The van der Waals surface area contributed by atoms with Gasteiger partial charge in [-0.2, -0.15) is 5.26 Å². The first kappa shape index (κ1) is 29.4. The van der Waals surface area contributed by atoms with Crippen LogP contribution in [0.3, 0.4) is 0 Å². The molecule has 2 unspecified atom stereocenters. The van der Waals surface area contributed by atoms with E-state index in [0.717, 1.165) is 4.90 Å². The number of aryl methyl sites for hydroxylation is 2. The van der Waals surface area contributed by atoms with Gasteiger partial charge in [0.05, 0.1) is 23.4 Å². The highest BCUT2D eigenvalue weighted by atomic mass is 35.5. The second-order valence-corrected chi connectivity index (χ2v) is 9.75. The fraction of sp³-hybridized carbons (Fsp3) is 0.385. The second kappa shape index (κ2) is 12.4. The Labute approximate surface area is 220 Å². The third-order valence-corrected chi connectivity index (χ3v) is 5.60. The van der Waals surface area contributed by atoms with Gasteiger partial charge in [-0.1, -0.05) is 41.9 Å². The lowest BCUT2D eigenvalue weighted by Crippen LogP contribution is -2.54. The largest absolute Gasteiger partial charge is 0.507 e. The summed E-state index contributed by atoms with van der Waals surface area (Å²) in [7, 11) is 0. The van der Waals surface area contributed by atoms with E-state index in [0.29, 0.717) is 16.8 Å². The Balaban J connectivity index is 2.56. The van der Waals surface area contributed by atoms with Gasteiger partial charge in [0, 0.05) is 5.56 Å². The molecule has 0 saturated heterocycles. The van der Waals surface area contributed by atoms with Crippen LogP contribution in [0.4, 0.5) is 10.5 Å². The van der Waals surface area contributed by atoms with Gasteiger partial charge in [0.2, 0.25) is 5.91 Å². The van der Waals surface area contributed by atoms with Crippen molar-refractivity contribution in [2.75, 3.05) is 18.5 Å². The van der Waals surface area contributed by atoms with Gasteiger partial charge < -0.3 is 30.5 Å². The summed E-state index contributed by atoms with van der Waals surface area (Å²) in [6.07, 6.45) is -0.970. The zero-order valence-electron chi connectivity index (χ0n) is 21.3. The van der Waals surface area contributed by atoms with E-state index in [1.807, 2.05) is 6.07 Å². The molecule has 2 rings (SSSR count). The molecule has 0 aliphatic carbocycles. The van der Waals surface area contributed by atoms with Crippen LogP contribution in [0.15, 0.2) is 36.4 Å². The van der Waals surface area contributed by atoms with E-state index in [9.17, 15) is 29.9 Å². The van der Waals surface area contributed by atoms with Crippen molar-refractivity contribution in [1.29, 1.82) is 5.26 Å². The molecular weight excluding hydrogens is 500 g/mol. The summed E-state index contributed by atoms with van der Waals surface area (Å²) < 4.78 is 5.16. The zero-order chi connectivity index (χ0) is 27.9. The van der Waals surface area contributed by atoms with Gasteiger partial charge in [-0.3, -0.25) is 9.59 Å². The number of carbonyl (C=O) groups excluding carboxylic acids is 3. The van der Waals surface area contributed by atoms with Gasteiger partial charge in [-0.15, -0.1) is 0 Å². The number of phenols is 1. The number of nitrogens with one attached hydrogen (secondary N) is 2. The molecule has 0 aliphatic rings. The maximum absolute atomic E-state index is 13.7. The maximum atomic E-state index is 13.7. The van der Waals surface area contributed by atoms with E-state index < -0.39 is 48.7 Å². The number of halogens is 1. The van der Waals surface area contributed by atoms with Crippen LogP contribution >= 0.6 is 11.6 Å². The van der Waals surface area contributed by atoms with Gasteiger partial charge in [-0.05, 0) is 51.8 Å². The highest BCUT2D eigenvalue weighted by Gasteiger charge is 2.38. The van der Waals surface area contributed by atoms with Crippen molar-refractivity contribution >= 4 is 35.2 Å². The minimum Gasteiger partial charge on any atom is -0.507 e. The first-order chi connectivity index (χ1) is 17.3. The van der Waals surface area contributed by atoms with Crippen LogP contribution in [0, 0.1) is 25.2 Å². The van der Waals surface area contributed by atoms with E-state index in [-0.39, 0.29) is 16.3 Å². The zero-order valence-corrected chi connectivity index (χ0v) is 22.1. The van der Waals surface area contributed by atoms with E-state index >= 15 is 0 Å². The number of alkyl carbamates (subject to hydrolysis) is 1. The van der Waals surface area contributed by atoms with Crippen LogP contribution < -0.4 is 10.6 Å². The lowest BCUT2D eigenvalue weighted by molar-refractivity contribution is -0.140. The lowest BCUT2D eigenvalue weighted by Gasteiger charge is -2.33. The molecule has 37 heavy (non-hydrogen) atoms. The number of nitrogens with zero attached hydrogens (tertiary/aromatic N) is 2. The van der Waals surface area contributed by atoms with Crippen molar-refractivity contribution in [2.45, 2.75) is 52.3 Å². The number of phenolic OH excluding ortho intramolecular Hbond substituents is 1. The van der Waals surface area contributed by atoms with E-state index in [1.54, 1.807) is 65.0 Å². The molecular formula is C26H31ClN4O6. The van der Waals surface area contributed by atoms with Crippen molar-refractivity contribution in [1.82, 2.24) is 10.2 Å². The predicted octanol–water partition coefficient (Wildman–Crippen LogP) is 3.58. The van der Waals surface area contributed by atoms with Crippen LogP contribution in [0.1, 0.15) is 43.5 Å². The molecule has 10 nitrogen and oxygen atoms in total. The normalized spacial score (nSPS) is 12.6. The SMILES string of the molecule is Cc1cccc(C(C(=O)Nc2c(C)cccc2Cl)N(CC#N)C(=O)C(CO)NC(=O)OC(C)(C)C)c1O. The Morgan fingerprint density at radius 2 is 1.76 bits per heavy atom. The Hall–Kier alpha value is -3.81. The molecule has 11 heteroatoms. The lowest BCUT2D eigenvalue weighted by atomic mass is 9.99. The summed E-state index contributed by atoms with van der Waals surface area (Å²) in [6, 6.07) is 8.44. The van der Waals surface area contributed by atoms with Gasteiger partial charge >= 0.3 is 6.09 Å². The number of aromatic hydroxyl groups is 1. The van der Waals surface area contributed by atoms with Crippen molar-refractivity contribution in [2.24, 2.45) is 0 Å². The molecule has 0 aliphatic heterocycles. The number of hydrogen-bond acceptors (Lipinski definition) is 7. The first-order valence-corrected chi connectivity index (χ1v) is 11.8. The van der Waals surface area contributed by atoms with Gasteiger partial charge in [0.1, 0.15) is 30.0 Å². The van der Waals surface area contributed by atoms with Crippen molar-refractivity contribution in [3.63, 3.8) is 0 Å². The molecule has 2 aromatic carbocycles. The highest BCUT2D eigenvalue weighted by molar-refractivity contribution is 6.34. The Bertz CT molecular complexity index is 1180. The van der Waals surface area contributed by atoms with Crippen LogP contribution in [0.2, 0.25) is 5.02 Å². The Kier molecular flexibility index (Phi) is 9.88. The monoisotopic (exact) mass is 530 g/mol. The van der Waals surface area contributed by atoms with Crippen LogP contribution in [0.25, 0.3) is 0 Å². The van der Waals surface area contributed by atoms with Gasteiger partial charge in [0.25, 0.3) is 5.91 Å². The number of ether oxygens (including phenoxy) is 1. The minimum absolute atomic E-state index is 0.0414. The molecule has 3 amide bonds. The Morgan fingerprint density at radius 3 is 2.32 bits per heavy atom. The summed E-state index contributed by atoms with van der Waals surface area (Å²) in [4.78, 5) is 40.3. The summed E-state index contributed by atoms with van der Waals surface area (Å²) in [5.74, 6) is -1.96. The number of para-hydroxylation sites is 2. The Morgan fingerprint density at radius 1 is 1.14 bits per heavy atom. The van der Waals surface area contributed by atoms with Crippen LogP contribution in [-0.4, -0.2) is 57.8 Å². The quantitative estimate of drug-likeness (QED) is 0.380. The molecule has 0 spiro atoms. The van der Waals surface area contributed by atoms with E-state index in [1.165, 1.54) is 6.07 Å². The smallest absolute Gasteiger partial charge is 0.408 e. The standard InChI is InChI=1S/C26H31ClN4O6/c1-15-8-7-11-18(27)20(15)30-23(34)21(17-10-6-9-16(2)22(17)33)31(13-12-28)24(35)19(14-32)29-25(36)37-26(3,4)5/h6-11,19,21,32-33H,13-14H2,1-5H3,(H,29,36)(H,30,34). The van der Waals surface area contributed by atoms with Crippen molar-refractivity contribution in [3.05, 3.63) is 58.1 Å². The molecule has 198 valence electrons. The van der Waals surface area contributed by atoms with Crippen molar-refractivity contribution < 1.29 is 29.3 Å². The summed E-state index contributed by atoms with van der Waals surface area (Å²) in [5.41, 5.74) is 0.536. The van der Waals surface area contributed by atoms with E-state index in [2.05, 4.69) is 10.6 Å². The molecule has 0 radical (unpaired) electrons. The third-order valence-electron chi connectivity index (χ3n) is 5.29. The number of benzene rings is 2. The number of carbonyl (C=O) groups is 3. The number of aliphatic hydroxyl groups excluding tert-OH is 1. The van der Waals surface area contributed by atoms with Crippen molar-refractivity contribution in [3.8, 4) is 11.8 Å². The summed E-state index contributed by atoms with van der Waals surface area (Å²) >= 11 is 6.28. The van der Waals surface area contributed by atoms with Crippen LogP contribution in [0.5, 0.6) is 5.75 Å². The molecule has 2 atom stereocenters. The molecule has 0 fully saturated rings. The molecule has 4 N–H and O–H groups in total. The minimum atomic E-state index is -1.53. The molecule has 2 aromatic rings. The highest BCUT2D eigenvalue weighted by Crippen LogP contribution is 2.34. The predicted molar refractivity (Wildman–Crippen MR) is 138 cm³/mol. The number of aliphatic hydroxyl groups is 1. The van der Waals surface area contributed by atoms with Gasteiger partial charge in [-0.25, -0.2) is 4.79 Å². The molecule has 0 heterocycles. The average molecular weight is 531 g/mol. The van der Waals surface area contributed by atoms with Gasteiger partial charge in [0.15, 0.2) is 0 Å². The first-order valence-electron chi connectivity index (χ1n) is 11.4. The molecule has 0 aromatic heterocycles. The number of rotatable bonds is 8. The second-order valence-electron chi connectivity index (χ2n) is 9.34. The average Bonchev–Trinajstić information content (AvgIpc) is 2.80. The number of nitriles is 1. The number of hydrogen-bond donors (Lipinski definition) is 4. The summed E-state index contributed by atoms with van der Waals surface area (Å²) in [5, 5.41) is 35.4. The van der Waals surface area contributed by atoms with E-state index in [4.69, 9.17) is 16.3 Å². The summed E-state index contributed by atoms with van der Waals surface area (Å²) in [6.45, 7) is 6.79. The fourth-order valence-corrected chi connectivity index (χ4v) is 3.81. The number of anilines is 1. The van der Waals surface area contributed by atoms with Crippen LogP contribution in [-0.2, 0) is 14.3 Å². The number of amides is 3. The molecule has 0 bridgehead atoms. The maximum Gasteiger partial charge on any atom is 0.408 e. The fourth-order valence-electron chi connectivity index (χ4n) is 3.54. The third kappa shape index (κ3) is 7.59. The molecule has 0 saturated carbocycles. The topological polar surface area (TPSA) is 152 Å².